The zero-order valence-corrected chi connectivity index (χ0v) is 11.0. The van der Waals surface area contributed by atoms with Crippen molar-refractivity contribution in [2.45, 2.75) is 31.7 Å². The maximum Gasteiger partial charge on any atom is 0.227 e. The Hall–Kier alpha value is -2.04. The van der Waals surface area contributed by atoms with Crippen LogP contribution in [-0.4, -0.2) is 24.4 Å². The minimum atomic E-state index is -0.249. The van der Waals surface area contributed by atoms with E-state index in [1.165, 1.54) is 0 Å². The van der Waals surface area contributed by atoms with E-state index in [0.717, 1.165) is 12.0 Å². The Balaban J connectivity index is 1.87. The monoisotopic (exact) mass is 261 g/mol. The van der Waals surface area contributed by atoms with E-state index in [2.05, 4.69) is 10.6 Å². The SMILES string of the molecule is CC(C(=O)NCC1CCC(=O)N1)c1cccc(N)c1. The van der Waals surface area contributed by atoms with E-state index in [0.29, 0.717) is 18.7 Å². The Kier molecular flexibility index (Phi) is 4.04. The molecule has 1 aliphatic rings. The third kappa shape index (κ3) is 3.47. The van der Waals surface area contributed by atoms with Gasteiger partial charge in [-0.05, 0) is 31.0 Å². The first-order chi connectivity index (χ1) is 9.06. The summed E-state index contributed by atoms with van der Waals surface area (Å²) in [4.78, 5) is 23.1. The highest BCUT2D eigenvalue weighted by molar-refractivity contribution is 5.84. The standard InChI is InChI=1S/C14H19N3O2/c1-9(10-3-2-4-11(15)7-10)14(19)16-8-12-5-6-13(18)17-12/h2-4,7,9,12H,5-6,8,15H2,1H3,(H,16,19)(H,17,18). The molecule has 1 fully saturated rings. The van der Waals surface area contributed by atoms with Crippen LogP contribution in [0.4, 0.5) is 5.69 Å². The van der Waals surface area contributed by atoms with Gasteiger partial charge in [-0.3, -0.25) is 9.59 Å². The van der Waals surface area contributed by atoms with Crippen LogP contribution < -0.4 is 16.4 Å². The van der Waals surface area contributed by atoms with Gasteiger partial charge in [0, 0.05) is 24.7 Å². The summed E-state index contributed by atoms with van der Waals surface area (Å²) >= 11 is 0. The first-order valence-corrected chi connectivity index (χ1v) is 6.49. The molecule has 1 aromatic carbocycles. The molecular weight excluding hydrogens is 242 g/mol. The normalized spacial score (nSPS) is 19.8. The van der Waals surface area contributed by atoms with E-state index in [1.807, 2.05) is 25.1 Å². The molecule has 2 amide bonds. The summed E-state index contributed by atoms with van der Waals surface area (Å²) in [6, 6.07) is 7.39. The van der Waals surface area contributed by atoms with Crippen molar-refractivity contribution in [1.82, 2.24) is 10.6 Å². The Morgan fingerprint density at radius 2 is 2.37 bits per heavy atom. The van der Waals surface area contributed by atoms with Gasteiger partial charge in [0.25, 0.3) is 0 Å². The van der Waals surface area contributed by atoms with E-state index >= 15 is 0 Å². The maximum atomic E-state index is 12.0. The van der Waals surface area contributed by atoms with Gasteiger partial charge in [0.05, 0.1) is 5.92 Å². The molecule has 0 saturated carbocycles. The molecule has 0 spiro atoms. The molecule has 5 heteroatoms. The van der Waals surface area contributed by atoms with Crippen molar-refractivity contribution >= 4 is 17.5 Å². The molecular formula is C14H19N3O2. The highest BCUT2D eigenvalue weighted by Crippen LogP contribution is 2.17. The van der Waals surface area contributed by atoms with Crippen molar-refractivity contribution in [2.75, 3.05) is 12.3 Å². The molecule has 0 aromatic heterocycles. The van der Waals surface area contributed by atoms with Crippen molar-refractivity contribution in [3.8, 4) is 0 Å². The van der Waals surface area contributed by atoms with E-state index in [-0.39, 0.29) is 23.8 Å². The first-order valence-electron chi connectivity index (χ1n) is 6.49. The molecule has 0 aliphatic carbocycles. The number of nitrogen functional groups attached to an aromatic ring is 1. The smallest absolute Gasteiger partial charge is 0.227 e. The van der Waals surface area contributed by atoms with Gasteiger partial charge in [0.2, 0.25) is 11.8 Å². The number of rotatable bonds is 4. The third-order valence-corrected chi connectivity index (χ3v) is 3.41. The van der Waals surface area contributed by atoms with Gasteiger partial charge in [-0.15, -0.1) is 0 Å². The fourth-order valence-corrected chi connectivity index (χ4v) is 2.19. The number of carbonyl (C=O) groups excluding carboxylic acids is 2. The van der Waals surface area contributed by atoms with E-state index in [9.17, 15) is 9.59 Å². The molecule has 5 nitrogen and oxygen atoms in total. The number of benzene rings is 1. The van der Waals surface area contributed by atoms with Gasteiger partial charge in [0.1, 0.15) is 0 Å². The van der Waals surface area contributed by atoms with Gasteiger partial charge in [0.15, 0.2) is 0 Å². The molecule has 1 heterocycles. The largest absolute Gasteiger partial charge is 0.399 e. The number of anilines is 1. The van der Waals surface area contributed by atoms with Gasteiger partial charge < -0.3 is 16.4 Å². The van der Waals surface area contributed by atoms with Crippen LogP contribution in [0, 0.1) is 0 Å². The molecule has 102 valence electrons. The van der Waals surface area contributed by atoms with Crippen LogP contribution in [0.5, 0.6) is 0 Å². The number of nitrogens with two attached hydrogens (primary N) is 1. The fourth-order valence-electron chi connectivity index (χ4n) is 2.19. The van der Waals surface area contributed by atoms with Gasteiger partial charge in [-0.1, -0.05) is 12.1 Å². The summed E-state index contributed by atoms with van der Waals surface area (Å²) in [5.74, 6) is -0.240. The number of hydrogen-bond acceptors (Lipinski definition) is 3. The quantitative estimate of drug-likeness (QED) is 0.700. The predicted molar refractivity (Wildman–Crippen MR) is 73.4 cm³/mol. The van der Waals surface area contributed by atoms with Crippen LogP contribution in [-0.2, 0) is 9.59 Å². The number of amides is 2. The Labute approximate surface area is 112 Å². The second kappa shape index (κ2) is 5.73. The first kappa shape index (κ1) is 13.4. The Morgan fingerprint density at radius 3 is 3.00 bits per heavy atom. The number of nitrogens with one attached hydrogen (secondary N) is 2. The summed E-state index contributed by atoms with van der Waals surface area (Å²) in [6.45, 7) is 2.33. The van der Waals surface area contributed by atoms with Crippen LogP contribution in [0.2, 0.25) is 0 Å². The van der Waals surface area contributed by atoms with Crippen molar-refractivity contribution in [2.24, 2.45) is 0 Å². The molecule has 19 heavy (non-hydrogen) atoms. The zero-order chi connectivity index (χ0) is 13.8. The lowest BCUT2D eigenvalue weighted by Gasteiger charge is -2.15. The summed E-state index contributed by atoms with van der Waals surface area (Å²) in [7, 11) is 0. The lowest BCUT2D eigenvalue weighted by molar-refractivity contribution is -0.123. The molecule has 2 unspecified atom stereocenters. The third-order valence-electron chi connectivity index (χ3n) is 3.41. The van der Waals surface area contributed by atoms with E-state index in [1.54, 1.807) is 6.07 Å². The van der Waals surface area contributed by atoms with E-state index in [4.69, 9.17) is 5.73 Å². The summed E-state index contributed by atoms with van der Waals surface area (Å²) in [6.07, 6.45) is 1.33. The Bertz CT molecular complexity index is 487. The molecule has 2 atom stereocenters. The van der Waals surface area contributed by atoms with Crippen LogP contribution >= 0.6 is 0 Å². The lowest BCUT2D eigenvalue weighted by atomic mass is 10.00. The van der Waals surface area contributed by atoms with Gasteiger partial charge in [-0.25, -0.2) is 0 Å². The fraction of sp³-hybridized carbons (Fsp3) is 0.429. The highest BCUT2D eigenvalue weighted by Gasteiger charge is 2.22. The van der Waals surface area contributed by atoms with Crippen LogP contribution in [0.15, 0.2) is 24.3 Å². The van der Waals surface area contributed by atoms with Crippen LogP contribution in [0.25, 0.3) is 0 Å². The minimum absolute atomic E-state index is 0.0493. The van der Waals surface area contributed by atoms with Crippen molar-refractivity contribution in [1.29, 1.82) is 0 Å². The van der Waals surface area contributed by atoms with Crippen molar-refractivity contribution in [3.05, 3.63) is 29.8 Å². The van der Waals surface area contributed by atoms with Crippen molar-refractivity contribution in [3.63, 3.8) is 0 Å². The zero-order valence-electron chi connectivity index (χ0n) is 11.0. The molecule has 1 aliphatic heterocycles. The number of hydrogen-bond donors (Lipinski definition) is 3. The summed E-state index contributed by atoms with van der Waals surface area (Å²) < 4.78 is 0. The topological polar surface area (TPSA) is 84.2 Å². The van der Waals surface area contributed by atoms with Crippen molar-refractivity contribution < 1.29 is 9.59 Å². The van der Waals surface area contributed by atoms with Crippen LogP contribution in [0.3, 0.4) is 0 Å². The second-order valence-electron chi connectivity index (χ2n) is 4.94. The highest BCUT2D eigenvalue weighted by atomic mass is 16.2. The average Bonchev–Trinajstić information content (AvgIpc) is 2.81. The van der Waals surface area contributed by atoms with Crippen LogP contribution in [0.1, 0.15) is 31.2 Å². The summed E-state index contributed by atoms with van der Waals surface area (Å²) in [5, 5.41) is 5.69. The molecule has 2 rings (SSSR count). The molecule has 0 bridgehead atoms. The molecule has 1 aromatic rings. The molecule has 0 radical (unpaired) electrons. The minimum Gasteiger partial charge on any atom is -0.399 e. The average molecular weight is 261 g/mol. The predicted octanol–water partition coefficient (Wildman–Crippen LogP) is 0.767. The summed E-state index contributed by atoms with van der Waals surface area (Å²) in [5.41, 5.74) is 7.26. The lowest BCUT2D eigenvalue weighted by Crippen LogP contribution is -2.39. The Morgan fingerprint density at radius 1 is 1.58 bits per heavy atom. The van der Waals surface area contributed by atoms with Gasteiger partial charge >= 0.3 is 0 Å². The van der Waals surface area contributed by atoms with E-state index < -0.39 is 0 Å². The maximum absolute atomic E-state index is 12.0. The second-order valence-corrected chi connectivity index (χ2v) is 4.94. The molecule has 1 saturated heterocycles. The number of carbonyl (C=O) groups is 2. The van der Waals surface area contributed by atoms with Gasteiger partial charge in [-0.2, -0.15) is 0 Å². The molecule has 4 N–H and O–H groups in total.